The Balaban J connectivity index is 1.46. The van der Waals surface area contributed by atoms with E-state index in [1.807, 2.05) is 65.3 Å². The van der Waals surface area contributed by atoms with E-state index in [0.717, 1.165) is 47.7 Å². The molecule has 168 valence electrons. The minimum atomic E-state index is -0.447. The molecule has 1 saturated heterocycles. The van der Waals surface area contributed by atoms with E-state index in [4.69, 9.17) is 10.5 Å². The third-order valence-corrected chi connectivity index (χ3v) is 6.82. The van der Waals surface area contributed by atoms with Crippen LogP contribution in [0.25, 0.3) is 0 Å². The van der Waals surface area contributed by atoms with E-state index in [2.05, 4.69) is 10.1 Å². The molecule has 0 bridgehead atoms. The quantitative estimate of drug-likeness (QED) is 0.409. The van der Waals surface area contributed by atoms with Gasteiger partial charge in [0.05, 0.1) is 26.0 Å². The van der Waals surface area contributed by atoms with Crippen LogP contribution in [0.1, 0.15) is 38.8 Å². The number of thioether (sulfide) groups is 1. The number of hydrogen-bond acceptors (Lipinski definition) is 8. The Morgan fingerprint density at radius 1 is 1.12 bits per heavy atom. The molecule has 4 rings (SSSR count). The lowest BCUT2D eigenvalue weighted by atomic mass is 9.92. The SMILES string of the molecule is COC(=O)CN1CCc2ccc(C(=O)c3ccc(C=NN4CCSCC4)cc3)cc2C1N. The Morgan fingerprint density at radius 2 is 1.84 bits per heavy atom. The van der Waals surface area contributed by atoms with Crippen molar-refractivity contribution in [2.24, 2.45) is 10.8 Å². The van der Waals surface area contributed by atoms with Gasteiger partial charge >= 0.3 is 5.97 Å². The lowest BCUT2D eigenvalue weighted by Gasteiger charge is -2.34. The molecule has 7 nitrogen and oxygen atoms in total. The minimum absolute atomic E-state index is 0.0540. The Morgan fingerprint density at radius 3 is 2.56 bits per heavy atom. The van der Waals surface area contributed by atoms with Crippen molar-refractivity contribution in [3.05, 3.63) is 70.3 Å². The predicted octanol–water partition coefficient (Wildman–Crippen LogP) is 2.29. The summed E-state index contributed by atoms with van der Waals surface area (Å²) in [5, 5.41) is 6.61. The number of ketones is 1. The molecule has 0 aromatic heterocycles. The molecule has 2 aliphatic rings. The van der Waals surface area contributed by atoms with Crippen LogP contribution in [0.15, 0.2) is 47.6 Å². The van der Waals surface area contributed by atoms with E-state index in [9.17, 15) is 9.59 Å². The highest BCUT2D eigenvalue weighted by Crippen LogP contribution is 2.27. The van der Waals surface area contributed by atoms with Gasteiger partial charge in [0.15, 0.2) is 5.78 Å². The first-order valence-corrected chi connectivity index (χ1v) is 11.9. The van der Waals surface area contributed by atoms with Gasteiger partial charge in [-0.1, -0.05) is 36.4 Å². The molecule has 1 unspecified atom stereocenters. The molecule has 0 spiro atoms. The number of fused-ring (bicyclic) bond motifs is 1. The molecule has 2 aliphatic heterocycles. The fourth-order valence-corrected chi connectivity index (χ4v) is 4.84. The number of esters is 1. The van der Waals surface area contributed by atoms with Gasteiger partial charge in [-0.3, -0.25) is 19.5 Å². The van der Waals surface area contributed by atoms with Crippen LogP contribution in [0, 0.1) is 0 Å². The first-order valence-electron chi connectivity index (χ1n) is 10.8. The van der Waals surface area contributed by atoms with Crippen LogP contribution in [0.5, 0.6) is 0 Å². The smallest absolute Gasteiger partial charge is 0.319 e. The number of methoxy groups -OCH3 is 1. The minimum Gasteiger partial charge on any atom is -0.468 e. The Bertz CT molecular complexity index is 1000. The zero-order chi connectivity index (χ0) is 22.5. The fraction of sp³-hybridized carbons (Fsp3) is 0.375. The highest BCUT2D eigenvalue weighted by atomic mass is 32.2. The van der Waals surface area contributed by atoms with Gasteiger partial charge < -0.3 is 10.5 Å². The van der Waals surface area contributed by atoms with Gasteiger partial charge in [0.25, 0.3) is 0 Å². The maximum atomic E-state index is 13.1. The zero-order valence-electron chi connectivity index (χ0n) is 18.2. The van der Waals surface area contributed by atoms with Crippen LogP contribution in [0.4, 0.5) is 0 Å². The van der Waals surface area contributed by atoms with Gasteiger partial charge in [-0.25, -0.2) is 0 Å². The van der Waals surface area contributed by atoms with E-state index >= 15 is 0 Å². The first-order chi connectivity index (χ1) is 15.5. The van der Waals surface area contributed by atoms with Crippen molar-refractivity contribution in [2.45, 2.75) is 12.6 Å². The summed E-state index contributed by atoms with van der Waals surface area (Å²) >= 11 is 1.95. The molecule has 0 amide bonds. The second kappa shape index (κ2) is 10.3. The molecule has 1 fully saturated rings. The second-order valence-electron chi connectivity index (χ2n) is 7.92. The van der Waals surface area contributed by atoms with Gasteiger partial charge in [-0.15, -0.1) is 0 Å². The van der Waals surface area contributed by atoms with Crippen molar-refractivity contribution in [3.8, 4) is 0 Å². The maximum Gasteiger partial charge on any atom is 0.319 e. The van der Waals surface area contributed by atoms with Crippen LogP contribution in [-0.2, 0) is 16.0 Å². The Hall–Kier alpha value is -2.68. The summed E-state index contributed by atoms with van der Waals surface area (Å²) in [6.45, 7) is 2.74. The molecule has 2 heterocycles. The van der Waals surface area contributed by atoms with Crippen LogP contribution in [-0.4, -0.2) is 72.7 Å². The van der Waals surface area contributed by atoms with E-state index < -0.39 is 6.17 Å². The summed E-state index contributed by atoms with van der Waals surface area (Å²) in [6, 6.07) is 13.2. The topological polar surface area (TPSA) is 88.2 Å². The molecular formula is C24H28N4O3S. The highest BCUT2D eigenvalue weighted by molar-refractivity contribution is 7.99. The standard InChI is InChI=1S/C24H28N4O3S/c1-31-22(29)16-27-9-8-18-6-7-20(14-21(18)24(27)25)23(30)19-4-2-17(3-5-19)15-26-28-10-12-32-13-11-28/h2-7,14-15,24H,8-13,16,25H2,1H3. The van der Waals surface area contributed by atoms with Crippen molar-refractivity contribution in [1.82, 2.24) is 9.91 Å². The molecule has 8 heteroatoms. The average Bonchev–Trinajstić information content (AvgIpc) is 2.84. The normalized spacial score (nSPS) is 19.1. The van der Waals surface area contributed by atoms with E-state index in [1.54, 1.807) is 0 Å². The molecule has 2 aromatic carbocycles. The van der Waals surface area contributed by atoms with Crippen molar-refractivity contribution in [1.29, 1.82) is 0 Å². The lowest BCUT2D eigenvalue weighted by molar-refractivity contribution is -0.142. The Labute approximate surface area is 192 Å². The number of nitrogens with zero attached hydrogens (tertiary/aromatic N) is 3. The molecule has 1 atom stereocenters. The monoisotopic (exact) mass is 452 g/mol. The van der Waals surface area contributed by atoms with Gasteiger partial charge in [0.1, 0.15) is 0 Å². The van der Waals surface area contributed by atoms with Gasteiger partial charge in [0.2, 0.25) is 0 Å². The number of hydrogen-bond donors (Lipinski definition) is 1. The molecule has 0 radical (unpaired) electrons. The Kier molecular flexibility index (Phi) is 7.24. The maximum absolute atomic E-state index is 13.1. The molecular weight excluding hydrogens is 424 g/mol. The summed E-state index contributed by atoms with van der Waals surface area (Å²) in [5.74, 6) is 1.84. The summed E-state index contributed by atoms with van der Waals surface area (Å²) in [5.41, 5.74) is 10.6. The summed E-state index contributed by atoms with van der Waals surface area (Å²) in [6.07, 6.45) is 2.17. The van der Waals surface area contributed by atoms with Crippen molar-refractivity contribution in [3.63, 3.8) is 0 Å². The molecule has 0 aliphatic carbocycles. The first kappa shape index (κ1) is 22.5. The van der Waals surface area contributed by atoms with Crippen LogP contribution in [0.3, 0.4) is 0 Å². The number of rotatable bonds is 6. The van der Waals surface area contributed by atoms with Crippen LogP contribution < -0.4 is 5.73 Å². The highest BCUT2D eigenvalue weighted by Gasteiger charge is 2.27. The van der Waals surface area contributed by atoms with Crippen LogP contribution >= 0.6 is 11.8 Å². The summed E-state index contributed by atoms with van der Waals surface area (Å²) in [4.78, 5) is 26.6. The summed E-state index contributed by atoms with van der Waals surface area (Å²) in [7, 11) is 1.37. The number of ether oxygens (including phenoxy) is 1. The number of carbonyl (C=O) groups is 2. The van der Waals surface area contributed by atoms with E-state index in [-0.39, 0.29) is 18.3 Å². The summed E-state index contributed by atoms with van der Waals surface area (Å²) < 4.78 is 4.77. The number of nitrogens with two attached hydrogens (primary N) is 1. The molecule has 2 aromatic rings. The van der Waals surface area contributed by atoms with Crippen LogP contribution in [0.2, 0.25) is 0 Å². The van der Waals surface area contributed by atoms with Crippen molar-refractivity contribution < 1.29 is 14.3 Å². The number of carbonyl (C=O) groups excluding carboxylic acids is 2. The third kappa shape index (κ3) is 5.20. The van der Waals surface area contributed by atoms with Gasteiger partial charge in [-0.05, 0) is 29.2 Å². The van der Waals surface area contributed by atoms with Crippen molar-refractivity contribution in [2.75, 3.05) is 44.8 Å². The van der Waals surface area contributed by atoms with E-state index in [1.165, 1.54) is 7.11 Å². The lowest BCUT2D eigenvalue weighted by Crippen LogP contribution is -2.43. The average molecular weight is 453 g/mol. The predicted molar refractivity (Wildman–Crippen MR) is 127 cm³/mol. The largest absolute Gasteiger partial charge is 0.468 e. The van der Waals surface area contributed by atoms with Gasteiger partial charge in [-0.2, -0.15) is 16.9 Å². The second-order valence-corrected chi connectivity index (χ2v) is 9.14. The number of hydrazone groups is 1. The molecule has 2 N–H and O–H groups in total. The zero-order valence-corrected chi connectivity index (χ0v) is 19.0. The van der Waals surface area contributed by atoms with E-state index in [0.29, 0.717) is 17.7 Å². The van der Waals surface area contributed by atoms with Crippen molar-refractivity contribution >= 4 is 29.7 Å². The molecule has 32 heavy (non-hydrogen) atoms. The fourth-order valence-electron chi connectivity index (χ4n) is 3.95. The molecule has 0 saturated carbocycles. The number of benzene rings is 2. The van der Waals surface area contributed by atoms with Gasteiger partial charge in [0, 0.05) is 42.3 Å². The third-order valence-electron chi connectivity index (χ3n) is 5.88.